The molecule has 1 amide bonds. The summed E-state index contributed by atoms with van der Waals surface area (Å²) < 4.78 is 37.8. The fraction of sp³-hybridized carbons (Fsp3) is 0.412. The van der Waals surface area contributed by atoms with Crippen molar-refractivity contribution in [1.82, 2.24) is 14.2 Å². The first-order valence-corrected chi connectivity index (χ1v) is 9.86. The Bertz CT molecular complexity index is 882. The Morgan fingerprint density at radius 3 is 2.59 bits per heavy atom. The number of carbonyl (C=O) groups is 2. The minimum Gasteiger partial charge on any atom is -0.467 e. The first-order chi connectivity index (χ1) is 12.8. The molecule has 9 nitrogen and oxygen atoms in total. The molecule has 0 unspecified atom stereocenters. The molecule has 0 aliphatic rings. The van der Waals surface area contributed by atoms with Gasteiger partial charge in [-0.15, -0.1) is 0 Å². The number of aryl methyl sites for hydroxylation is 1. The number of aromatic nitrogens is 1. The molecule has 10 heteroatoms. The zero-order chi connectivity index (χ0) is 20.0. The lowest BCUT2D eigenvalue weighted by atomic mass is 10.4. The Balaban J connectivity index is 1.98. The predicted molar refractivity (Wildman–Crippen MR) is 96.4 cm³/mol. The second-order valence-corrected chi connectivity index (χ2v) is 7.63. The third-order valence-corrected chi connectivity index (χ3v) is 5.92. The summed E-state index contributed by atoms with van der Waals surface area (Å²) >= 11 is 0. The normalized spacial score (nSPS) is 11.6. The van der Waals surface area contributed by atoms with E-state index in [9.17, 15) is 18.0 Å². The molecule has 1 N–H and O–H groups in total. The highest BCUT2D eigenvalue weighted by molar-refractivity contribution is 7.89. The molecule has 0 fully saturated rings. The van der Waals surface area contributed by atoms with Gasteiger partial charge < -0.3 is 19.0 Å². The lowest BCUT2D eigenvalue weighted by Gasteiger charge is -2.17. The first kappa shape index (κ1) is 20.7. The SMILES string of the molecule is CCN(CC)S(=O)(=O)c1cc(C(=O)OCC(=O)NCc2ccco2)n(C)c1. The van der Waals surface area contributed by atoms with Crippen molar-refractivity contribution in [2.24, 2.45) is 7.05 Å². The Morgan fingerprint density at radius 2 is 2.00 bits per heavy atom. The largest absolute Gasteiger partial charge is 0.467 e. The van der Waals surface area contributed by atoms with Crippen molar-refractivity contribution in [2.45, 2.75) is 25.3 Å². The van der Waals surface area contributed by atoms with Crippen molar-refractivity contribution in [3.8, 4) is 0 Å². The summed E-state index contributed by atoms with van der Waals surface area (Å²) in [6, 6.07) is 4.64. The van der Waals surface area contributed by atoms with Crippen LogP contribution < -0.4 is 5.32 Å². The van der Waals surface area contributed by atoms with Crippen LogP contribution in [0.2, 0.25) is 0 Å². The monoisotopic (exact) mass is 397 g/mol. The second kappa shape index (κ2) is 8.87. The van der Waals surface area contributed by atoms with E-state index in [-0.39, 0.29) is 17.1 Å². The minimum atomic E-state index is -3.69. The van der Waals surface area contributed by atoms with Crippen LogP contribution in [0.25, 0.3) is 0 Å². The average Bonchev–Trinajstić information content (AvgIpc) is 3.28. The van der Waals surface area contributed by atoms with Crippen molar-refractivity contribution in [3.63, 3.8) is 0 Å². The summed E-state index contributed by atoms with van der Waals surface area (Å²) in [5.74, 6) is -0.708. The van der Waals surface area contributed by atoms with E-state index < -0.39 is 28.5 Å². The van der Waals surface area contributed by atoms with Gasteiger partial charge in [0.2, 0.25) is 10.0 Å². The minimum absolute atomic E-state index is 0.00270. The van der Waals surface area contributed by atoms with Crippen LogP contribution in [0.3, 0.4) is 0 Å². The number of hydrogen-bond acceptors (Lipinski definition) is 6. The second-order valence-electron chi connectivity index (χ2n) is 5.69. The van der Waals surface area contributed by atoms with Crippen LogP contribution in [0.4, 0.5) is 0 Å². The van der Waals surface area contributed by atoms with E-state index in [2.05, 4.69) is 5.32 Å². The molecule has 0 radical (unpaired) electrons. The third-order valence-electron chi connectivity index (χ3n) is 3.91. The highest BCUT2D eigenvalue weighted by Crippen LogP contribution is 2.19. The molecule has 2 aromatic heterocycles. The molecule has 0 aliphatic heterocycles. The number of hydrogen-bond donors (Lipinski definition) is 1. The lowest BCUT2D eigenvalue weighted by molar-refractivity contribution is -0.124. The number of nitrogens with one attached hydrogen (secondary N) is 1. The molecule has 0 aromatic carbocycles. The number of amides is 1. The van der Waals surface area contributed by atoms with E-state index in [0.29, 0.717) is 18.8 Å². The Morgan fingerprint density at radius 1 is 1.30 bits per heavy atom. The van der Waals surface area contributed by atoms with Crippen LogP contribution in [0.5, 0.6) is 0 Å². The molecule has 0 atom stereocenters. The third kappa shape index (κ3) is 4.98. The summed E-state index contributed by atoms with van der Waals surface area (Å²) in [6.07, 6.45) is 2.84. The van der Waals surface area contributed by atoms with Crippen LogP contribution in [0, 0.1) is 0 Å². The smallest absolute Gasteiger partial charge is 0.355 e. The van der Waals surface area contributed by atoms with Crippen LogP contribution in [0.15, 0.2) is 40.0 Å². The number of nitrogens with zero attached hydrogens (tertiary/aromatic N) is 2. The van der Waals surface area contributed by atoms with E-state index in [0.717, 1.165) is 0 Å². The Labute approximate surface area is 157 Å². The lowest BCUT2D eigenvalue weighted by Crippen LogP contribution is -2.30. The highest BCUT2D eigenvalue weighted by atomic mass is 32.2. The quantitative estimate of drug-likeness (QED) is 0.635. The first-order valence-electron chi connectivity index (χ1n) is 8.42. The molecule has 2 rings (SSSR count). The van der Waals surface area contributed by atoms with Crippen molar-refractivity contribution in [2.75, 3.05) is 19.7 Å². The van der Waals surface area contributed by atoms with Crippen molar-refractivity contribution < 1.29 is 27.2 Å². The zero-order valence-corrected chi connectivity index (χ0v) is 16.3. The topological polar surface area (TPSA) is 111 Å². The molecule has 2 aromatic rings. The van der Waals surface area contributed by atoms with Gasteiger partial charge in [-0.2, -0.15) is 4.31 Å². The van der Waals surface area contributed by atoms with E-state index in [1.165, 1.54) is 34.4 Å². The number of ether oxygens (including phenoxy) is 1. The van der Waals surface area contributed by atoms with Gasteiger partial charge in [-0.25, -0.2) is 13.2 Å². The molecular formula is C17H23N3O6S. The molecule has 0 bridgehead atoms. The van der Waals surface area contributed by atoms with Gasteiger partial charge in [-0.3, -0.25) is 4.79 Å². The summed E-state index contributed by atoms with van der Waals surface area (Å²) in [6.45, 7) is 3.82. The van der Waals surface area contributed by atoms with Crippen LogP contribution >= 0.6 is 0 Å². The molecule has 0 spiro atoms. The summed E-state index contributed by atoms with van der Waals surface area (Å²) in [4.78, 5) is 24.0. The molecule has 0 saturated carbocycles. The molecule has 0 saturated heterocycles. The number of esters is 1. The van der Waals surface area contributed by atoms with Gasteiger partial charge in [0.1, 0.15) is 16.3 Å². The van der Waals surface area contributed by atoms with E-state index in [1.807, 2.05) is 0 Å². The Hall–Kier alpha value is -2.59. The maximum absolute atomic E-state index is 12.5. The van der Waals surface area contributed by atoms with Crippen molar-refractivity contribution in [1.29, 1.82) is 0 Å². The van der Waals surface area contributed by atoms with E-state index in [4.69, 9.17) is 9.15 Å². The summed E-state index contributed by atoms with van der Waals surface area (Å²) in [7, 11) is -2.15. The van der Waals surface area contributed by atoms with E-state index >= 15 is 0 Å². The van der Waals surface area contributed by atoms with Gasteiger partial charge in [0, 0.05) is 26.3 Å². The predicted octanol–water partition coefficient (Wildman–Crippen LogP) is 1.12. The highest BCUT2D eigenvalue weighted by Gasteiger charge is 2.26. The number of furan rings is 1. The van der Waals surface area contributed by atoms with Gasteiger partial charge in [-0.05, 0) is 18.2 Å². The van der Waals surface area contributed by atoms with Gasteiger partial charge in [-0.1, -0.05) is 13.8 Å². The van der Waals surface area contributed by atoms with Gasteiger partial charge in [0.25, 0.3) is 5.91 Å². The molecule has 148 valence electrons. The van der Waals surface area contributed by atoms with Gasteiger partial charge in [0.05, 0.1) is 12.8 Å². The fourth-order valence-corrected chi connectivity index (χ4v) is 3.98. The van der Waals surface area contributed by atoms with E-state index in [1.54, 1.807) is 26.0 Å². The average molecular weight is 397 g/mol. The van der Waals surface area contributed by atoms with Gasteiger partial charge in [0.15, 0.2) is 6.61 Å². The summed E-state index contributed by atoms with van der Waals surface area (Å²) in [5.41, 5.74) is 0.0413. The van der Waals surface area contributed by atoms with Crippen molar-refractivity contribution in [3.05, 3.63) is 42.1 Å². The molecule has 27 heavy (non-hydrogen) atoms. The summed E-state index contributed by atoms with van der Waals surface area (Å²) in [5, 5.41) is 2.55. The zero-order valence-electron chi connectivity index (χ0n) is 15.5. The molecule has 2 heterocycles. The number of rotatable bonds is 9. The molecular weight excluding hydrogens is 374 g/mol. The van der Waals surface area contributed by atoms with Gasteiger partial charge >= 0.3 is 5.97 Å². The Kier molecular flexibility index (Phi) is 6.81. The van der Waals surface area contributed by atoms with Crippen molar-refractivity contribution >= 4 is 21.9 Å². The molecule has 0 aliphatic carbocycles. The van der Waals surface area contributed by atoms with Crippen LogP contribution in [0.1, 0.15) is 30.1 Å². The fourth-order valence-electron chi connectivity index (χ4n) is 2.45. The van der Waals surface area contributed by atoms with Crippen LogP contribution in [-0.4, -0.2) is 48.9 Å². The number of sulfonamides is 1. The standard InChI is InChI=1S/C17H23N3O6S/c1-4-20(5-2)27(23,24)14-9-15(19(3)11-14)17(22)26-12-16(21)18-10-13-7-6-8-25-13/h6-9,11H,4-5,10,12H2,1-3H3,(H,18,21). The maximum Gasteiger partial charge on any atom is 0.355 e. The van der Waals surface area contributed by atoms with Crippen LogP contribution in [-0.2, 0) is 33.1 Å². The maximum atomic E-state index is 12.5. The number of carbonyl (C=O) groups excluding carboxylic acids is 2.